The summed E-state index contributed by atoms with van der Waals surface area (Å²) in [7, 11) is 1.58. The van der Waals surface area contributed by atoms with E-state index in [0.717, 1.165) is 11.3 Å². The van der Waals surface area contributed by atoms with Gasteiger partial charge in [-0.25, -0.2) is 4.79 Å². The van der Waals surface area contributed by atoms with E-state index in [1.165, 1.54) is 0 Å². The maximum Gasteiger partial charge on any atom is 0.314 e. The lowest BCUT2D eigenvalue weighted by molar-refractivity contribution is 0.242. The van der Waals surface area contributed by atoms with Crippen LogP contribution in [-0.2, 0) is 6.54 Å². The molecule has 70 valence electrons. The fourth-order valence-electron chi connectivity index (χ4n) is 0.906. The lowest BCUT2D eigenvalue weighted by Crippen LogP contribution is -2.32. The Morgan fingerprint density at radius 2 is 2.00 bits per heavy atom. The number of hydrogen-bond acceptors (Lipinski definition) is 2. The summed E-state index contributed by atoms with van der Waals surface area (Å²) in [6, 6.07) is 7.19. The zero-order valence-corrected chi connectivity index (χ0v) is 7.50. The Kier molecular flexibility index (Phi) is 3.14. The minimum absolute atomic E-state index is 0.183. The third-order valence-corrected chi connectivity index (χ3v) is 1.66. The molecule has 0 heterocycles. The van der Waals surface area contributed by atoms with E-state index in [-0.39, 0.29) is 6.03 Å². The Balaban J connectivity index is 2.46. The van der Waals surface area contributed by atoms with Gasteiger partial charge in [0.05, 0.1) is 0 Å². The van der Waals surface area contributed by atoms with E-state index < -0.39 is 0 Å². The molecule has 0 radical (unpaired) electrons. The molecule has 0 atom stereocenters. The fourth-order valence-corrected chi connectivity index (χ4v) is 0.906. The van der Waals surface area contributed by atoms with Crippen molar-refractivity contribution < 1.29 is 4.79 Å². The van der Waals surface area contributed by atoms with Crippen LogP contribution in [0.2, 0.25) is 0 Å². The standard InChI is InChI=1S/C9H13N3O/c1-11-9(13)12-6-7-2-4-8(10)5-3-7/h2-5H,6,10H2,1H3,(H2,11,12,13). The van der Waals surface area contributed by atoms with Crippen LogP contribution >= 0.6 is 0 Å². The minimum atomic E-state index is -0.183. The molecule has 0 unspecified atom stereocenters. The molecular formula is C9H13N3O. The van der Waals surface area contributed by atoms with E-state index in [0.29, 0.717) is 6.54 Å². The monoisotopic (exact) mass is 179 g/mol. The number of anilines is 1. The number of benzene rings is 1. The van der Waals surface area contributed by atoms with Gasteiger partial charge in [0.2, 0.25) is 0 Å². The van der Waals surface area contributed by atoms with Crippen molar-refractivity contribution in [1.29, 1.82) is 0 Å². The number of nitrogen functional groups attached to an aromatic ring is 1. The third-order valence-electron chi connectivity index (χ3n) is 1.66. The average Bonchev–Trinajstić information content (AvgIpc) is 2.16. The first kappa shape index (κ1) is 9.38. The maximum atomic E-state index is 10.8. The van der Waals surface area contributed by atoms with Crippen molar-refractivity contribution in [3.05, 3.63) is 29.8 Å². The van der Waals surface area contributed by atoms with Crippen LogP contribution in [0, 0.1) is 0 Å². The van der Waals surface area contributed by atoms with Gasteiger partial charge in [-0.15, -0.1) is 0 Å². The van der Waals surface area contributed by atoms with Gasteiger partial charge in [0.15, 0.2) is 0 Å². The fraction of sp³-hybridized carbons (Fsp3) is 0.222. The summed E-state index contributed by atoms with van der Waals surface area (Å²) >= 11 is 0. The van der Waals surface area contributed by atoms with Crippen LogP contribution in [0.15, 0.2) is 24.3 Å². The number of hydrogen-bond donors (Lipinski definition) is 3. The van der Waals surface area contributed by atoms with Gasteiger partial charge in [-0.3, -0.25) is 0 Å². The quantitative estimate of drug-likeness (QED) is 0.585. The van der Waals surface area contributed by atoms with Crippen molar-refractivity contribution in [1.82, 2.24) is 10.6 Å². The number of rotatable bonds is 2. The Bertz CT molecular complexity index is 281. The van der Waals surface area contributed by atoms with Crippen molar-refractivity contribution in [2.75, 3.05) is 12.8 Å². The molecule has 0 saturated carbocycles. The van der Waals surface area contributed by atoms with Crippen LogP contribution < -0.4 is 16.4 Å². The third kappa shape index (κ3) is 3.02. The highest BCUT2D eigenvalue weighted by atomic mass is 16.2. The summed E-state index contributed by atoms with van der Waals surface area (Å²) in [5.41, 5.74) is 7.26. The van der Waals surface area contributed by atoms with E-state index in [1.807, 2.05) is 12.1 Å². The van der Waals surface area contributed by atoms with Crippen molar-refractivity contribution in [2.45, 2.75) is 6.54 Å². The smallest absolute Gasteiger partial charge is 0.314 e. The molecule has 4 nitrogen and oxygen atoms in total. The molecule has 2 amide bonds. The van der Waals surface area contributed by atoms with Gasteiger partial charge in [0, 0.05) is 19.3 Å². The first-order valence-electron chi connectivity index (χ1n) is 4.02. The molecule has 0 spiro atoms. The molecule has 1 aromatic carbocycles. The van der Waals surface area contributed by atoms with E-state index >= 15 is 0 Å². The van der Waals surface area contributed by atoms with Gasteiger partial charge in [0.1, 0.15) is 0 Å². The van der Waals surface area contributed by atoms with Gasteiger partial charge in [-0.2, -0.15) is 0 Å². The van der Waals surface area contributed by atoms with Crippen molar-refractivity contribution in [3.8, 4) is 0 Å². The van der Waals surface area contributed by atoms with E-state index in [9.17, 15) is 4.79 Å². The second-order valence-corrected chi connectivity index (χ2v) is 2.67. The topological polar surface area (TPSA) is 67.2 Å². The van der Waals surface area contributed by atoms with E-state index in [4.69, 9.17) is 5.73 Å². The van der Waals surface area contributed by atoms with Crippen molar-refractivity contribution >= 4 is 11.7 Å². The first-order chi connectivity index (χ1) is 6.22. The molecule has 4 heteroatoms. The molecule has 0 fully saturated rings. The molecule has 4 N–H and O–H groups in total. The number of amides is 2. The molecule has 13 heavy (non-hydrogen) atoms. The van der Waals surface area contributed by atoms with Crippen molar-refractivity contribution in [2.24, 2.45) is 0 Å². The Morgan fingerprint density at radius 3 is 2.54 bits per heavy atom. The molecule has 0 bridgehead atoms. The number of nitrogens with one attached hydrogen (secondary N) is 2. The normalized spacial score (nSPS) is 9.31. The summed E-state index contributed by atoms with van der Waals surface area (Å²) in [5, 5.41) is 5.15. The number of carbonyl (C=O) groups excluding carboxylic acids is 1. The highest BCUT2D eigenvalue weighted by molar-refractivity contribution is 5.73. The van der Waals surface area contributed by atoms with Crippen LogP contribution in [0.4, 0.5) is 10.5 Å². The van der Waals surface area contributed by atoms with Gasteiger partial charge in [0.25, 0.3) is 0 Å². The lowest BCUT2D eigenvalue weighted by Gasteiger charge is -2.04. The predicted molar refractivity (Wildman–Crippen MR) is 52.1 cm³/mol. The van der Waals surface area contributed by atoms with Gasteiger partial charge >= 0.3 is 6.03 Å². The van der Waals surface area contributed by atoms with Gasteiger partial charge in [-0.1, -0.05) is 12.1 Å². The molecule has 1 rings (SSSR count). The number of urea groups is 1. The maximum absolute atomic E-state index is 10.8. The molecule has 0 aromatic heterocycles. The summed E-state index contributed by atoms with van der Waals surface area (Å²) in [6.45, 7) is 0.514. The summed E-state index contributed by atoms with van der Waals surface area (Å²) in [5.74, 6) is 0. The molecular weight excluding hydrogens is 166 g/mol. The number of nitrogens with two attached hydrogens (primary N) is 1. The van der Waals surface area contributed by atoms with E-state index in [1.54, 1.807) is 19.2 Å². The van der Waals surface area contributed by atoms with Gasteiger partial charge < -0.3 is 16.4 Å². The van der Waals surface area contributed by atoms with Crippen LogP contribution in [-0.4, -0.2) is 13.1 Å². The first-order valence-corrected chi connectivity index (χ1v) is 4.02. The zero-order valence-electron chi connectivity index (χ0n) is 7.50. The molecule has 0 aliphatic rings. The molecule has 1 aromatic rings. The Labute approximate surface area is 77.1 Å². The van der Waals surface area contributed by atoms with Gasteiger partial charge in [-0.05, 0) is 17.7 Å². The second-order valence-electron chi connectivity index (χ2n) is 2.67. The average molecular weight is 179 g/mol. The lowest BCUT2D eigenvalue weighted by atomic mass is 10.2. The van der Waals surface area contributed by atoms with Crippen LogP contribution in [0.3, 0.4) is 0 Å². The SMILES string of the molecule is CNC(=O)NCc1ccc(N)cc1. The van der Waals surface area contributed by atoms with Crippen molar-refractivity contribution in [3.63, 3.8) is 0 Å². The molecule has 0 aliphatic heterocycles. The predicted octanol–water partition coefficient (Wildman–Crippen LogP) is 0.698. The molecule has 0 saturated heterocycles. The van der Waals surface area contributed by atoms with Crippen LogP contribution in [0.5, 0.6) is 0 Å². The summed E-state index contributed by atoms with van der Waals surface area (Å²) in [6.07, 6.45) is 0. The highest BCUT2D eigenvalue weighted by Crippen LogP contribution is 2.04. The van der Waals surface area contributed by atoms with E-state index in [2.05, 4.69) is 10.6 Å². The van der Waals surface area contributed by atoms with Crippen LogP contribution in [0.1, 0.15) is 5.56 Å². The molecule has 0 aliphatic carbocycles. The Morgan fingerprint density at radius 1 is 1.38 bits per heavy atom. The largest absolute Gasteiger partial charge is 0.399 e. The van der Waals surface area contributed by atoms with Crippen LogP contribution in [0.25, 0.3) is 0 Å². The Hall–Kier alpha value is -1.71. The summed E-state index contributed by atoms with van der Waals surface area (Å²) < 4.78 is 0. The minimum Gasteiger partial charge on any atom is -0.399 e. The number of carbonyl (C=O) groups is 1. The second kappa shape index (κ2) is 4.35. The zero-order chi connectivity index (χ0) is 9.68. The summed E-state index contributed by atoms with van der Waals surface area (Å²) in [4.78, 5) is 10.8. The highest BCUT2D eigenvalue weighted by Gasteiger charge is 1.95.